The third kappa shape index (κ3) is 4.79. The molecule has 2 aromatic rings. The lowest BCUT2D eigenvalue weighted by atomic mass is 10.3. The van der Waals surface area contributed by atoms with E-state index in [2.05, 4.69) is 17.6 Å². The van der Waals surface area contributed by atoms with E-state index in [4.69, 9.17) is 4.74 Å². The third-order valence-corrected chi connectivity index (χ3v) is 3.76. The van der Waals surface area contributed by atoms with Gasteiger partial charge in [0.25, 0.3) is 0 Å². The lowest BCUT2D eigenvalue weighted by Crippen LogP contribution is -2.08. The first-order chi connectivity index (χ1) is 10.2. The summed E-state index contributed by atoms with van der Waals surface area (Å²) in [5.74, 6) is 0.838. The standard InChI is InChI=1S/C16H20N2O2S/c1-3-9-20-14-6-4-13(5-7-14)17-11-16-15(8-10-21-16)18-12(2)19/h4-8,10,17H,3,9,11H2,1-2H3,(H,18,19). The molecule has 0 atom stereocenters. The summed E-state index contributed by atoms with van der Waals surface area (Å²) in [5, 5.41) is 8.16. The Bertz CT molecular complexity index is 578. The molecule has 5 heteroatoms. The van der Waals surface area contributed by atoms with Gasteiger partial charge in [-0.25, -0.2) is 0 Å². The number of ether oxygens (including phenoxy) is 1. The smallest absolute Gasteiger partial charge is 0.221 e. The summed E-state index contributed by atoms with van der Waals surface area (Å²) >= 11 is 1.62. The molecule has 0 unspecified atom stereocenters. The monoisotopic (exact) mass is 304 g/mol. The Hall–Kier alpha value is -2.01. The van der Waals surface area contributed by atoms with Crippen molar-refractivity contribution >= 4 is 28.6 Å². The molecule has 1 aromatic heterocycles. The van der Waals surface area contributed by atoms with Crippen molar-refractivity contribution in [2.75, 3.05) is 17.2 Å². The minimum atomic E-state index is -0.0490. The van der Waals surface area contributed by atoms with Crippen LogP contribution in [0.25, 0.3) is 0 Å². The van der Waals surface area contributed by atoms with E-state index < -0.39 is 0 Å². The Morgan fingerprint density at radius 1 is 1.24 bits per heavy atom. The van der Waals surface area contributed by atoms with E-state index in [1.54, 1.807) is 11.3 Å². The van der Waals surface area contributed by atoms with Gasteiger partial charge in [-0.3, -0.25) is 4.79 Å². The van der Waals surface area contributed by atoms with Gasteiger partial charge in [0.05, 0.1) is 18.8 Å². The average molecular weight is 304 g/mol. The number of rotatable bonds is 7. The summed E-state index contributed by atoms with van der Waals surface area (Å²) in [7, 11) is 0. The maximum Gasteiger partial charge on any atom is 0.221 e. The van der Waals surface area contributed by atoms with Crippen LogP contribution in [-0.4, -0.2) is 12.5 Å². The number of thiophene rings is 1. The normalized spacial score (nSPS) is 10.2. The Balaban J connectivity index is 1.91. The van der Waals surface area contributed by atoms with Crippen LogP contribution in [0.4, 0.5) is 11.4 Å². The second-order valence-electron chi connectivity index (χ2n) is 4.67. The van der Waals surface area contributed by atoms with Gasteiger partial charge in [0.1, 0.15) is 5.75 Å². The van der Waals surface area contributed by atoms with Gasteiger partial charge >= 0.3 is 0 Å². The van der Waals surface area contributed by atoms with Crippen LogP contribution in [-0.2, 0) is 11.3 Å². The van der Waals surface area contributed by atoms with E-state index in [9.17, 15) is 4.79 Å². The number of anilines is 2. The summed E-state index contributed by atoms with van der Waals surface area (Å²) in [4.78, 5) is 12.2. The Morgan fingerprint density at radius 3 is 2.67 bits per heavy atom. The maximum atomic E-state index is 11.1. The van der Waals surface area contributed by atoms with Crippen LogP contribution in [0.15, 0.2) is 35.7 Å². The van der Waals surface area contributed by atoms with Crippen LogP contribution in [0.3, 0.4) is 0 Å². The van der Waals surface area contributed by atoms with Gasteiger partial charge in [-0.1, -0.05) is 6.92 Å². The molecule has 112 valence electrons. The molecule has 2 rings (SSSR count). The molecule has 21 heavy (non-hydrogen) atoms. The van der Waals surface area contributed by atoms with Crippen molar-refractivity contribution in [3.63, 3.8) is 0 Å². The van der Waals surface area contributed by atoms with Gasteiger partial charge in [0, 0.05) is 17.5 Å². The summed E-state index contributed by atoms with van der Waals surface area (Å²) in [6.07, 6.45) is 1.00. The number of hydrogen-bond acceptors (Lipinski definition) is 4. The highest BCUT2D eigenvalue weighted by Gasteiger charge is 2.05. The molecular formula is C16H20N2O2S. The van der Waals surface area contributed by atoms with E-state index in [0.717, 1.165) is 35.0 Å². The molecule has 4 nitrogen and oxygen atoms in total. The van der Waals surface area contributed by atoms with E-state index in [0.29, 0.717) is 6.54 Å². The zero-order valence-electron chi connectivity index (χ0n) is 12.3. The lowest BCUT2D eigenvalue weighted by molar-refractivity contribution is -0.114. The van der Waals surface area contributed by atoms with Gasteiger partial charge in [-0.15, -0.1) is 11.3 Å². The van der Waals surface area contributed by atoms with Crippen LogP contribution in [0, 0.1) is 0 Å². The second-order valence-corrected chi connectivity index (χ2v) is 5.67. The molecule has 0 aliphatic carbocycles. The largest absolute Gasteiger partial charge is 0.494 e. The number of benzene rings is 1. The predicted molar refractivity (Wildman–Crippen MR) is 88.2 cm³/mol. The van der Waals surface area contributed by atoms with Crippen molar-refractivity contribution < 1.29 is 9.53 Å². The first kappa shape index (κ1) is 15.4. The Morgan fingerprint density at radius 2 is 2.00 bits per heavy atom. The SMILES string of the molecule is CCCOc1ccc(NCc2sccc2NC(C)=O)cc1. The van der Waals surface area contributed by atoms with E-state index in [1.165, 1.54) is 6.92 Å². The van der Waals surface area contributed by atoms with Crippen molar-refractivity contribution in [1.29, 1.82) is 0 Å². The minimum Gasteiger partial charge on any atom is -0.494 e. The van der Waals surface area contributed by atoms with Gasteiger partial charge in [0.15, 0.2) is 0 Å². The van der Waals surface area contributed by atoms with Gasteiger partial charge < -0.3 is 15.4 Å². The van der Waals surface area contributed by atoms with Gasteiger partial charge in [0.2, 0.25) is 5.91 Å². The van der Waals surface area contributed by atoms with Crippen LogP contribution in [0.1, 0.15) is 25.1 Å². The molecule has 0 radical (unpaired) electrons. The molecule has 2 N–H and O–H groups in total. The number of amides is 1. The molecule has 1 heterocycles. The quantitative estimate of drug-likeness (QED) is 0.809. The van der Waals surface area contributed by atoms with Crippen LogP contribution < -0.4 is 15.4 Å². The van der Waals surface area contributed by atoms with Crippen LogP contribution in [0.2, 0.25) is 0 Å². The molecule has 0 bridgehead atoms. The number of carbonyl (C=O) groups is 1. The summed E-state index contributed by atoms with van der Waals surface area (Å²) in [5.41, 5.74) is 1.91. The highest BCUT2D eigenvalue weighted by Crippen LogP contribution is 2.24. The Kier molecular flexibility index (Phi) is 5.63. The molecular weight excluding hydrogens is 284 g/mol. The fourth-order valence-corrected chi connectivity index (χ4v) is 2.62. The zero-order chi connectivity index (χ0) is 15.1. The molecule has 0 saturated carbocycles. The van der Waals surface area contributed by atoms with Crippen LogP contribution in [0.5, 0.6) is 5.75 Å². The highest BCUT2D eigenvalue weighted by atomic mass is 32.1. The van der Waals surface area contributed by atoms with Crippen LogP contribution >= 0.6 is 11.3 Å². The number of hydrogen-bond donors (Lipinski definition) is 2. The van der Waals surface area contributed by atoms with E-state index in [1.807, 2.05) is 35.7 Å². The van der Waals surface area contributed by atoms with Crippen molar-refractivity contribution in [3.05, 3.63) is 40.6 Å². The number of carbonyl (C=O) groups excluding carboxylic acids is 1. The Labute approximate surface area is 129 Å². The van der Waals surface area contributed by atoms with Crippen molar-refractivity contribution in [2.45, 2.75) is 26.8 Å². The molecule has 0 spiro atoms. The first-order valence-corrected chi connectivity index (χ1v) is 7.87. The van der Waals surface area contributed by atoms with E-state index in [-0.39, 0.29) is 5.91 Å². The van der Waals surface area contributed by atoms with Crippen molar-refractivity contribution in [1.82, 2.24) is 0 Å². The summed E-state index contributed by atoms with van der Waals surface area (Å²) in [6, 6.07) is 9.83. The van der Waals surface area contributed by atoms with Crippen molar-refractivity contribution in [2.24, 2.45) is 0 Å². The predicted octanol–water partition coefficient (Wildman–Crippen LogP) is 4.11. The number of nitrogens with one attached hydrogen (secondary N) is 2. The second kappa shape index (κ2) is 7.69. The molecule has 0 aliphatic rings. The molecule has 0 fully saturated rings. The van der Waals surface area contributed by atoms with Crippen molar-refractivity contribution in [3.8, 4) is 5.75 Å². The maximum absolute atomic E-state index is 11.1. The molecule has 1 aromatic carbocycles. The fourth-order valence-electron chi connectivity index (χ4n) is 1.85. The molecule has 0 saturated heterocycles. The topological polar surface area (TPSA) is 50.4 Å². The highest BCUT2D eigenvalue weighted by molar-refractivity contribution is 7.10. The average Bonchev–Trinajstić information content (AvgIpc) is 2.90. The summed E-state index contributed by atoms with van der Waals surface area (Å²) < 4.78 is 5.55. The minimum absolute atomic E-state index is 0.0490. The fraction of sp³-hybridized carbons (Fsp3) is 0.312. The first-order valence-electron chi connectivity index (χ1n) is 6.99. The lowest BCUT2D eigenvalue weighted by Gasteiger charge is -2.09. The molecule has 1 amide bonds. The zero-order valence-corrected chi connectivity index (χ0v) is 13.1. The molecule has 0 aliphatic heterocycles. The van der Waals surface area contributed by atoms with Gasteiger partial charge in [-0.05, 0) is 42.1 Å². The van der Waals surface area contributed by atoms with Gasteiger partial charge in [-0.2, -0.15) is 0 Å². The summed E-state index contributed by atoms with van der Waals surface area (Å²) in [6.45, 7) is 5.03. The van der Waals surface area contributed by atoms with E-state index >= 15 is 0 Å². The third-order valence-electron chi connectivity index (χ3n) is 2.84.